The molecule has 0 radical (unpaired) electrons. The predicted molar refractivity (Wildman–Crippen MR) is 137 cm³/mol. The lowest BCUT2D eigenvalue weighted by atomic mass is 10.1. The van der Waals surface area contributed by atoms with Crippen molar-refractivity contribution in [3.63, 3.8) is 0 Å². The summed E-state index contributed by atoms with van der Waals surface area (Å²) in [6, 6.07) is 10.8. The minimum atomic E-state index is -4.77. The average Bonchev–Trinajstić information content (AvgIpc) is 3.48. The van der Waals surface area contributed by atoms with E-state index in [9.17, 15) is 22.8 Å². The molecule has 0 spiro atoms. The van der Waals surface area contributed by atoms with Gasteiger partial charge in [0.05, 0.1) is 27.7 Å². The highest BCUT2D eigenvalue weighted by Gasteiger charge is 2.37. The Balaban J connectivity index is 1.74. The van der Waals surface area contributed by atoms with Crippen LogP contribution in [0, 0.1) is 6.92 Å². The lowest BCUT2D eigenvalue weighted by Crippen LogP contribution is -2.31. The van der Waals surface area contributed by atoms with Crippen molar-refractivity contribution in [1.29, 1.82) is 0 Å². The van der Waals surface area contributed by atoms with E-state index >= 15 is 0 Å². The zero-order chi connectivity index (χ0) is 28.5. The van der Waals surface area contributed by atoms with Crippen LogP contribution in [0.1, 0.15) is 51.8 Å². The molecule has 0 fully saturated rings. The van der Waals surface area contributed by atoms with Gasteiger partial charge in [-0.05, 0) is 61.9 Å². The maximum absolute atomic E-state index is 13.6. The number of hydrogen-bond donors (Lipinski definition) is 2. The molecule has 0 saturated carbocycles. The third-order valence-corrected chi connectivity index (χ3v) is 5.82. The van der Waals surface area contributed by atoms with E-state index in [-0.39, 0.29) is 40.2 Å². The first-order valence-corrected chi connectivity index (χ1v) is 12.2. The van der Waals surface area contributed by atoms with Gasteiger partial charge in [-0.3, -0.25) is 9.59 Å². The number of nitrogens with zero attached hydrogens (tertiary/aromatic N) is 6. The van der Waals surface area contributed by atoms with E-state index in [4.69, 9.17) is 23.2 Å². The molecule has 204 valence electrons. The van der Waals surface area contributed by atoms with Gasteiger partial charge >= 0.3 is 6.18 Å². The highest BCUT2D eigenvalue weighted by atomic mass is 35.5. The Bertz CT molecular complexity index is 1550. The Labute approximate surface area is 230 Å². The van der Waals surface area contributed by atoms with Gasteiger partial charge in [0, 0.05) is 11.1 Å². The number of benzene rings is 2. The third kappa shape index (κ3) is 6.37. The first-order valence-electron chi connectivity index (χ1n) is 11.4. The molecular formula is C24H21Cl2F3N8O2. The summed E-state index contributed by atoms with van der Waals surface area (Å²) in [5.74, 6) is -2.51. The molecule has 39 heavy (non-hydrogen) atoms. The van der Waals surface area contributed by atoms with Crippen molar-refractivity contribution in [1.82, 2.24) is 35.3 Å². The van der Waals surface area contributed by atoms with Crippen LogP contribution in [-0.2, 0) is 12.7 Å². The smallest absolute Gasteiger partial charge is 0.350 e. The molecule has 0 aliphatic rings. The molecule has 2 aromatic heterocycles. The van der Waals surface area contributed by atoms with E-state index in [1.54, 1.807) is 51.1 Å². The summed E-state index contributed by atoms with van der Waals surface area (Å²) in [6.07, 6.45) is -4.77. The maximum atomic E-state index is 13.6. The third-order valence-electron chi connectivity index (χ3n) is 5.29. The van der Waals surface area contributed by atoms with Crippen LogP contribution in [0.4, 0.5) is 18.9 Å². The first kappa shape index (κ1) is 28.0. The van der Waals surface area contributed by atoms with Gasteiger partial charge < -0.3 is 10.6 Å². The molecule has 0 atom stereocenters. The van der Waals surface area contributed by atoms with Crippen molar-refractivity contribution in [2.45, 2.75) is 39.5 Å². The van der Waals surface area contributed by atoms with Gasteiger partial charge in [-0.1, -0.05) is 35.3 Å². The molecule has 0 aliphatic heterocycles. The molecular weight excluding hydrogens is 560 g/mol. The molecule has 0 unspecified atom stereocenters. The van der Waals surface area contributed by atoms with Crippen molar-refractivity contribution in [3.8, 4) is 5.69 Å². The molecule has 0 saturated heterocycles. The van der Waals surface area contributed by atoms with Gasteiger partial charge in [-0.2, -0.15) is 23.1 Å². The summed E-state index contributed by atoms with van der Waals surface area (Å²) >= 11 is 12.5. The van der Waals surface area contributed by atoms with Crippen LogP contribution in [0.25, 0.3) is 5.69 Å². The number of carbonyl (C=O) groups is 2. The van der Waals surface area contributed by atoms with Crippen LogP contribution >= 0.6 is 23.2 Å². The van der Waals surface area contributed by atoms with Crippen LogP contribution in [0.3, 0.4) is 0 Å². The summed E-state index contributed by atoms with van der Waals surface area (Å²) in [5.41, 5.74) is 1.38. The maximum Gasteiger partial charge on any atom is 0.455 e. The van der Waals surface area contributed by atoms with E-state index in [1.807, 2.05) is 0 Å². The quantitative estimate of drug-likeness (QED) is 0.320. The van der Waals surface area contributed by atoms with Gasteiger partial charge in [0.25, 0.3) is 17.6 Å². The second-order valence-electron chi connectivity index (χ2n) is 8.75. The largest absolute Gasteiger partial charge is 0.455 e. The van der Waals surface area contributed by atoms with Gasteiger partial charge in [0.15, 0.2) is 0 Å². The van der Waals surface area contributed by atoms with Crippen LogP contribution in [0.15, 0.2) is 42.5 Å². The zero-order valence-electron chi connectivity index (χ0n) is 20.7. The molecule has 2 heterocycles. The highest BCUT2D eigenvalue weighted by molar-refractivity contribution is 6.32. The van der Waals surface area contributed by atoms with Gasteiger partial charge in [0.1, 0.15) is 12.2 Å². The number of halogens is 5. The molecule has 2 aromatic carbocycles. The topological polar surface area (TPSA) is 120 Å². The lowest BCUT2D eigenvalue weighted by Gasteiger charge is -2.16. The Hall–Kier alpha value is -3.97. The molecule has 15 heteroatoms. The standard InChI is InChI=1S/C24H21Cl2F3N8O2/c1-12(2)30-21(38)16-9-14(25)8-13(3)20(16)31-22(39)19-10-15(11-36-34-23(32-35-36)24(27,28)29)33-37(19)18-7-5-4-6-17(18)26/h4-10,12H,11H2,1-3H3,(H,30,38)(H,31,39). The predicted octanol–water partition coefficient (Wildman–Crippen LogP) is 4.93. The van der Waals surface area contributed by atoms with Crippen molar-refractivity contribution >= 4 is 40.7 Å². The van der Waals surface area contributed by atoms with Crippen molar-refractivity contribution in [3.05, 3.63) is 80.8 Å². The molecule has 0 bridgehead atoms. The number of carbonyl (C=O) groups excluding carboxylic acids is 2. The number of nitrogens with one attached hydrogen (secondary N) is 2. The van der Waals surface area contributed by atoms with Crippen LogP contribution in [0.2, 0.25) is 10.0 Å². The van der Waals surface area contributed by atoms with Gasteiger partial charge in [0.2, 0.25) is 0 Å². The Morgan fingerprint density at radius 3 is 2.41 bits per heavy atom. The van der Waals surface area contributed by atoms with Crippen LogP contribution in [-0.4, -0.2) is 47.8 Å². The molecule has 2 amide bonds. The number of rotatable bonds is 7. The van der Waals surface area contributed by atoms with Gasteiger partial charge in [-0.25, -0.2) is 4.68 Å². The number of alkyl halides is 3. The average molecular weight is 581 g/mol. The van der Waals surface area contributed by atoms with Crippen molar-refractivity contribution in [2.24, 2.45) is 0 Å². The van der Waals surface area contributed by atoms with Crippen LogP contribution in [0.5, 0.6) is 0 Å². The highest BCUT2D eigenvalue weighted by Crippen LogP contribution is 2.28. The number of amides is 2. The number of tetrazole rings is 1. The zero-order valence-corrected chi connectivity index (χ0v) is 22.2. The molecule has 2 N–H and O–H groups in total. The molecule has 4 aromatic rings. The minimum Gasteiger partial charge on any atom is -0.350 e. The summed E-state index contributed by atoms with van der Waals surface area (Å²) in [4.78, 5) is 27.1. The van der Waals surface area contributed by atoms with Crippen LogP contribution < -0.4 is 10.6 Å². The fraction of sp³-hybridized carbons (Fsp3) is 0.250. The van der Waals surface area contributed by atoms with E-state index in [0.29, 0.717) is 21.1 Å². The minimum absolute atomic E-state index is 0.0150. The fourth-order valence-corrected chi connectivity index (χ4v) is 4.14. The number of aryl methyl sites for hydroxylation is 1. The summed E-state index contributed by atoms with van der Waals surface area (Å²) in [7, 11) is 0. The number of anilines is 1. The number of hydrogen-bond acceptors (Lipinski definition) is 6. The molecule has 10 nitrogen and oxygen atoms in total. The molecule has 0 aliphatic carbocycles. The summed E-state index contributed by atoms with van der Waals surface area (Å²) in [5, 5.41) is 20.2. The summed E-state index contributed by atoms with van der Waals surface area (Å²) in [6.45, 7) is 4.94. The van der Waals surface area contributed by atoms with E-state index in [0.717, 1.165) is 0 Å². The number of aromatic nitrogens is 6. The van der Waals surface area contributed by atoms with E-state index in [1.165, 1.54) is 16.8 Å². The fourth-order valence-electron chi connectivity index (χ4n) is 3.65. The summed E-state index contributed by atoms with van der Waals surface area (Å²) < 4.78 is 39.9. The second-order valence-corrected chi connectivity index (χ2v) is 9.60. The first-order chi connectivity index (χ1) is 18.3. The second kappa shape index (κ2) is 11.0. The van der Waals surface area contributed by atoms with Gasteiger partial charge in [-0.15, -0.1) is 10.2 Å². The van der Waals surface area contributed by atoms with Crippen molar-refractivity contribution in [2.75, 3.05) is 5.32 Å². The SMILES string of the molecule is Cc1cc(Cl)cc(C(=O)NC(C)C)c1NC(=O)c1cc(Cn2nnc(C(F)(F)F)n2)nn1-c1ccccc1Cl. The van der Waals surface area contributed by atoms with E-state index in [2.05, 4.69) is 31.1 Å². The Morgan fingerprint density at radius 1 is 1.05 bits per heavy atom. The lowest BCUT2D eigenvalue weighted by molar-refractivity contribution is -0.145. The van der Waals surface area contributed by atoms with E-state index < -0.39 is 23.8 Å². The normalized spacial score (nSPS) is 11.6. The Morgan fingerprint density at radius 2 is 1.77 bits per heavy atom. The monoisotopic (exact) mass is 580 g/mol. The van der Waals surface area contributed by atoms with Crippen molar-refractivity contribution < 1.29 is 22.8 Å². The Kier molecular flexibility index (Phi) is 7.93. The number of para-hydroxylation sites is 1. The molecule has 4 rings (SSSR count).